The number of aromatic nitrogens is 4. The van der Waals surface area contributed by atoms with E-state index in [1.165, 1.54) is 6.20 Å². The molecule has 0 saturated carbocycles. The van der Waals surface area contributed by atoms with E-state index in [1.807, 2.05) is 16.8 Å². The van der Waals surface area contributed by atoms with Gasteiger partial charge in [-0.05, 0) is 6.42 Å². The van der Waals surface area contributed by atoms with Gasteiger partial charge in [0.25, 0.3) is 0 Å². The highest BCUT2D eigenvalue weighted by atomic mass is 15.0. The summed E-state index contributed by atoms with van der Waals surface area (Å²) in [6.45, 7) is 1.72. The third kappa shape index (κ3) is 3.28. The minimum Gasteiger partial charge on any atom is -0.369 e. The summed E-state index contributed by atoms with van der Waals surface area (Å²) in [5.41, 5.74) is 0.328. The van der Waals surface area contributed by atoms with Crippen LogP contribution in [0.4, 0.5) is 5.82 Å². The van der Waals surface area contributed by atoms with Crippen molar-refractivity contribution in [1.82, 2.24) is 19.5 Å². The molecule has 0 radical (unpaired) electrons. The molecule has 2 rings (SSSR count). The highest BCUT2D eigenvalue weighted by Crippen LogP contribution is 2.00. The second kappa shape index (κ2) is 5.61. The van der Waals surface area contributed by atoms with Crippen molar-refractivity contribution < 1.29 is 0 Å². The van der Waals surface area contributed by atoms with E-state index in [0.29, 0.717) is 11.5 Å². The average Bonchev–Trinajstić information content (AvgIpc) is 2.88. The monoisotopic (exact) mass is 228 g/mol. The fourth-order valence-corrected chi connectivity index (χ4v) is 1.37. The Labute approximate surface area is 99.0 Å². The van der Waals surface area contributed by atoms with Crippen LogP contribution in [0.25, 0.3) is 0 Å². The van der Waals surface area contributed by atoms with E-state index in [0.717, 1.165) is 19.5 Å². The molecule has 0 aromatic carbocycles. The summed E-state index contributed by atoms with van der Waals surface area (Å²) >= 11 is 0. The minimum atomic E-state index is 0.328. The highest BCUT2D eigenvalue weighted by Gasteiger charge is 1.96. The molecule has 0 aliphatic carbocycles. The van der Waals surface area contributed by atoms with Crippen LogP contribution < -0.4 is 5.32 Å². The summed E-state index contributed by atoms with van der Waals surface area (Å²) < 4.78 is 2.02. The van der Waals surface area contributed by atoms with E-state index < -0.39 is 0 Å². The second-order valence-electron chi connectivity index (χ2n) is 3.48. The van der Waals surface area contributed by atoms with Crippen LogP contribution in [0.2, 0.25) is 0 Å². The van der Waals surface area contributed by atoms with Gasteiger partial charge in [-0.3, -0.25) is 0 Å². The van der Waals surface area contributed by atoms with Crippen LogP contribution in [0, 0.1) is 11.3 Å². The lowest BCUT2D eigenvalue weighted by molar-refractivity contribution is 0.660. The van der Waals surface area contributed by atoms with Crippen LogP contribution >= 0.6 is 0 Å². The number of aryl methyl sites for hydroxylation is 1. The van der Waals surface area contributed by atoms with Crippen molar-refractivity contribution in [3.05, 3.63) is 36.8 Å². The Hall–Kier alpha value is -2.42. The second-order valence-corrected chi connectivity index (χ2v) is 3.48. The van der Waals surface area contributed by atoms with Crippen LogP contribution in [0.15, 0.2) is 31.1 Å². The third-order valence-electron chi connectivity index (χ3n) is 2.22. The first-order chi connectivity index (χ1) is 8.38. The summed E-state index contributed by atoms with van der Waals surface area (Å²) in [6, 6.07) is 1.93. The quantitative estimate of drug-likeness (QED) is 0.774. The van der Waals surface area contributed by atoms with Gasteiger partial charge in [-0.1, -0.05) is 0 Å². The SMILES string of the molecule is N#Cc1cnc(NCCCn2ccnc2)cn1. The summed E-state index contributed by atoms with van der Waals surface area (Å²) in [5, 5.41) is 11.7. The molecule has 2 heterocycles. The highest BCUT2D eigenvalue weighted by molar-refractivity contribution is 5.32. The number of hydrogen-bond donors (Lipinski definition) is 1. The van der Waals surface area contributed by atoms with Crippen molar-refractivity contribution in [2.24, 2.45) is 0 Å². The van der Waals surface area contributed by atoms with Gasteiger partial charge in [0.1, 0.15) is 11.9 Å². The van der Waals surface area contributed by atoms with Crippen LogP contribution in [0.3, 0.4) is 0 Å². The Bertz CT molecular complexity index is 482. The van der Waals surface area contributed by atoms with E-state index in [-0.39, 0.29) is 0 Å². The Morgan fingerprint density at radius 3 is 2.94 bits per heavy atom. The molecule has 0 bridgehead atoms. The molecule has 0 atom stereocenters. The van der Waals surface area contributed by atoms with E-state index in [2.05, 4.69) is 20.3 Å². The smallest absolute Gasteiger partial charge is 0.158 e. The molecular weight excluding hydrogens is 216 g/mol. The molecule has 0 amide bonds. The third-order valence-corrected chi connectivity index (χ3v) is 2.22. The number of imidazole rings is 1. The predicted molar refractivity (Wildman–Crippen MR) is 62.1 cm³/mol. The maximum absolute atomic E-state index is 8.57. The molecule has 2 aromatic rings. The molecule has 0 spiro atoms. The number of hydrogen-bond acceptors (Lipinski definition) is 5. The summed E-state index contributed by atoms with van der Waals surface area (Å²) in [4.78, 5) is 12.0. The van der Waals surface area contributed by atoms with Gasteiger partial charge in [0.15, 0.2) is 5.69 Å². The molecule has 0 saturated heterocycles. The molecule has 2 aromatic heterocycles. The Morgan fingerprint density at radius 1 is 1.35 bits per heavy atom. The largest absolute Gasteiger partial charge is 0.369 e. The van der Waals surface area contributed by atoms with E-state index >= 15 is 0 Å². The zero-order valence-corrected chi connectivity index (χ0v) is 9.24. The number of anilines is 1. The van der Waals surface area contributed by atoms with Crippen molar-refractivity contribution in [1.29, 1.82) is 5.26 Å². The van der Waals surface area contributed by atoms with Crippen LogP contribution in [0.1, 0.15) is 12.1 Å². The molecule has 0 fully saturated rings. The van der Waals surface area contributed by atoms with Crippen molar-refractivity contribution >= 4 is 5.82 Å². The van der Waals surface area contributed by atoms with E-state index in [4.69, 9.17) is 5.26 Å². The predicted octanol–water partition coefficient (Wildman–Crippen LogP) is 1.05. The van der Waals surface area contributed by atoms with E-state index in [9.17, 15) is 0 Å². The summed E-state index contributed by atoms with van der Waals surface area (Å²) in [7, 11) is 0. The molecule has 86 valence electrons. The zero-order chi connectivity index (χ0) is 11.9. The first-order valence-corrected chi connectivity index (χ1v) is 5.30. The lowest BCUT2D eigenvalue weighted by Gasteiger charge is -2.05. The van der Waals surface area contributed by atoms with Crippen LogP contribution in [-0.4, -0.2) is 26.1 Å². The standard InChI is InChI=1S/C11H12N6/c12-6-10-7-16-11(8-15-10)14-2-1-4-17-5-3-13-9-17/h3,5,7-9H,1-2,4H2,(H,14,16). The summed E-state index contributed by atoms with van der Waals surface area (Å²) in [5.74, 6) is 0.689. The lowest BCUT2D eigenvalue weighted by Crippen LogP contribution is -2.07. The molecule has 17 heavy (non-hydrogen) atoms. The topological polar surface area (TPSA) is 79.4 Å². The van der Waals surface area contributed by atoms with Gasteiger partial charge in [0.05, 0.1) is 18.7 Å². The maximum atomic E-state index is 8.57. The zero-order valence-electron chi connectivity index (χ0n) is 9.24. The van der Waals surface area contributed by atoms with Crippen molar-refractivity contribution in [3.8, 4) is 6.07 Å². The van der Waals surface area contributed by atoms with Gasteiger partial charge >= 0.3 is 0 Å². The number of rotatable bonds is 5. The lowest BCUT2D eigenvalue weighted by atomic mass is 10.4. The van der Waals surface area contributed by atoms with Crippen molar-refractivity contribution in [2.75, 3.05) is 11.9 Å². The molecule has 0 unspecified atom stereocenters. The Balaban J connectivity index is 1.73. The Morgan fingerprint density at radius 2 is 2.29 bits per heavy atom. The van der Waals surface area contributed by atoms with Gasteiger partial charge in [-0.25, -0.2) is 15.0 Å². The normalized spacial score (nSPS) is 9.82. The van der Waals surface area contributed by atoms with Crippen molar-refractivity contribution in [3.63, 3.8) is 0 Å². The van der Waals surface area contributed by atoms with Gasteiger partial charge in [0, 0.05) is 25.5 Å². The fourth-order valence-electron chi connectivity index (χ4n) is 1.37. The van der Waals surface area contributed by atoms with Gasteiger partial charge in [-0.15, -0.1) is 0 Å². The van der Waals surface area contributed by atoms with Gasteiger partial charge in [-0.2, -0.15) is 5.26 Å². The van der Waals surface area contributed by atoms with E-state index in [1.54, 1.807) is 18.7 Å². The summed E-state index contributed by atoms with van der Waals surface area (Å²) in [6.07, 6.45) is 9.48. The molecular formula is C11H12N6. The first kappa shape index (κ1) is 11.1. The van der Waals surface area contributed by atoms with Crippen LogP contribution in [0.5, 0.6) is 0 Å². The first-order valence-electron chi connectivity index (χ1n) is 5.30. The van der Waals surface area contributed by atoms with Crippen LogP contribution in [-0.2, 0) is 6.54 Å². The minimum absolute atomic E-state index is 0.328. The molecule has 0 aliphatic rings. The van der Waals surface area contributed by atoms with Gasteiger partial charge < -0.3 is 9.88 Å². The Kier molecular flexibility index (Phi) is 3.65. The maximum Gasteiger partial charge on any atom is 0.158 e. The average molecular weight is 228 g/mol. The number of nitriles is 1. The van der Waals surface area contributed by atoms with Gasteiger partial charge in [0.2, 0.25) is 0 Å². The molecule has 1 N–H and O–H groups in total. The number of nitrogens with zero attached hydrogens (tertiary/aromatic N) is 5. The molecule has 6 nitrogen and oxygen atoms in total. The number of nitrogens with one attached hydrogen (secondary N) is 1. The fraction of sp³-hybridized carbons (Fsp3) is 0.273. The molecule has 6 heteroatoms. The molecule has 0 aliphatic heterocycles. The van der Waals surface area contributed by atoms with Crippen molar-refractivity contribution in [2.45, 2.75) is 13.0 Å².